The van der Waals surface area contributed by atoms with E-state index in [1.807, 2.05) is 30.3 Å². The van der Waals surface area contributed by atoms with Crippen LogP contribution in [-0.2, 0) is 20.9 Å². The van der Waals surface area contributed by atoms with E-state index in [0.29, 0.717) is 26.1 Å². The largest absolute Gasteiger partial charge is 0.480 e. The van der Waals surface area contributed by atoms with Gasteiger partial charge in [-0.05, 0) is 24.8 Å². The van der Waals surface area contributed by atoms with Gasteiger partial charge in [0.05, 0.1) is 6.61 Å². The average molecular weight is 321 g/mol. The van der Waals surface area contributed by atoms with Crippen molar-refractivity contribution in [1.29, 1.82) is 0 Å². The highest BCUT2D eigenvalue weighted by Crippen LogP contribution is 2.05. The highest BCUT2D eigenvalue weighted by Gasteiger charge is 2.19. The molecule has 0 spiro atoms. The molecule has 6 nitrogen and oxygen atoms in total. The Morgan fingerprint density at radius 1 is 1.26 bits per heavy atom. The van der Waals surface area contributed by atoms with Crippen molar-refractivity contribution in [3.63, 3.8) is 0 Å². The van der Waals surface area contributed by atoms with E-state index in [1.54, 1.807) is 0 Å². The van der Waals surface area contributed by atoms with Gasteiger partial charge in [-0.3, -0.25) is 0 Å². The van der Waals surface area contributed by atoms with Gasteiger partial charge in [0.1, 0.15) is 12.6 Å². The molecule has 1 atom stereocenters. The molecule has 0 aliphatic carbocycles. The Balaban J connectivity index is 2.16. The van der Waals surface area contributed by atoms with Gasteiger partial charge < -0.3 is 19.9 Å². The number of rotatable bonds is 11. The molecule has 126 valence electrons. The van der Waals surface area contributed by atoms with Crippen LogP contribution >= 0.6 is 0 Å². The van der Waals surface area contributed by atoms with E-state index in [9.17, 15) is 9.59 Å². The van der Waals surface area contributed by atoms with Crippen molar-refractivity contribution >= 4 is 12.1 Å². The summed E-state index contributed by atoms with van der Waals surface area (Å²) in [6, 6.07) is 8.86. The molecule has 0 saturated heterocycles. The molecule has 0 aliphatic heterocycles. The minimum absolute atomic E-state index is 0.0471. The quantitative estimate of drug-likeness (QED) is 0.483. The predicted molar refractivity (Wildman–Crippen MR) is 86.1 cm³/mol. The number of unbranched alkanes of at least 4 members (excludes halogenated alkanes) is 1. The Hall–Kier alpha value is -2.34. The van der Waals surface area contributed by atoms with Gasteiger partial charge in [-0.25, -0.2) is 9.59 Å². The second-order valence-electron chi connectivity index (χ2n) is 4.96. The lowest BCUT2D eigenvalue weighted by Gasteiger charge is -2.14. The smallest absolute Gasteiger partial charge is 0.408 e. The maximum absolute atomic E-state index is 11.3. The van der Waals surface area contributed by atoms with Crippen LogP contribution in [0.25, 0.3) is 0 Å². The van der Waals surface area contributed by atoms with Gasteiger partial charge >= 0.3 is 12.1 Å². The summed E-state index contributed by atoms with van der Waals surface area (Å²) in [7, 11) is 0. The lowest BCUT2D eigenvalue weighted by molar-refractivity contribution is -0.139. The molecule has 1 amide bonds. The SMILES string of the molecule is C=CCOC(=O)NC(CCCCOCc1ccccc1)C(=O)O. The molecule has 1 unspecified atom stereocenters. The summed E-state index contributed by atoms with van der Waals surface area (Å²) >= 11 is 0. The van der Waals surface area contributed by atoms with E-state index in [4.69, 9.17) is 14.6 Å². The molecule has 1 aromatic carbocycles. The van der Waals surface area contributed by atoms with Gasteiger partial charge in [0.2, 0.25) is 0 Å². The first kappa shape index (κ1) is 18.7. The second kappa shape index (κ2) is 11.3. The van der Waals surface area contributed by atoms with Gasteiger partial charge in [0.15, 0.2) is 0 Å². The Bertz CT molecular complexity index is 489. The highest BCUT2D eigenvalue weighted by atomic mass is 16.5. The van der Waals surface area contributed by atoms with Crippen molar-refractivity contribution in [2.24, 2.45) is 0 Å². The molecule has 2 N–H and O–H groups in total. The second-order valence-corrected chi connectivity index (χ2v) is 4.96. The number of nitrogens with one attached hydrogen (secondary N) is 1. The van der Waals surface area contributed by atoms with Gasteiger partial charge in [-0.15, -0.1) is 0 Å². The number of carbonyl (C=O) groups is 2. The summed E-state index contributed by atoms with van der Waals surface area (Å²) in [6.07, 6.45) is 2.35. The van der Waals surface area contributed by atoms with E-state index in [-0.39, 0.29) is 6.61 Å². The van der Waals surface area contributed by atoms with E-state index >= 15 is 0 Å². The predicted octanol–water partition coefficient (Wildman–Crippen LogP) is 2.74. The Kier molecular flexibility index (Phi) is 9.16. The summed E-state index contributed by atoms with van der Waals surface area (Å²) in [4.78, 5) is 22.4. The lowest BCUT2D eigenvalue weighted by Crippen LogP contribution is -2.41. The van der Waals surface area contributed by atoms with Crippen LogP contribution in [0.2, 0.25) is 0 Å². The summed E-state index contributed by atoms with van der Waals surface area (Å²) in [6.45, 7) is 4.54. The molecule has 1 aromatic rings. The molecular formula is C17H23NO5. The highest BCUT2D eigenvalue weighted by molar-refractivity contribution is 5.79. The molecule has 0 fully saturated rings. The third kappa shape index (κ3) is 8.63. The zero-order chi connectivity index (χ0) is 16.9. The number of hydrogen-bond acceptors (Lipinski definition) is 4. The molecular weight excluding hydrogens is 298 g/mol. The van der Waals surface area contributed by atoms with Crippen molar-refractivity contribution in [3.05, 3.63) is 48.6 Å². The first-order valence-corrected chi connectivity index (χ1v) is 7.52. The molecule has 0 saturated carbocycles. The Morgan fingerprint density at radius 2 is 2.00 bits per heavy atom. The van der Waals surface area contributed by atoms with Crippen LogP contribution in [0, 0.1) is 0 Å². The normalized spacial score (nSPS) is 11.5. The van der Waals surface area contributed by atoms with Crippen LogP contribution in [0.15, 0.2) is 43.0 Å². The Morgan fingerprint density at radius 3 is 2.65 bits per heavy atom. The number of benzene rings is 1. The zero-order valence-corrected chi connectivity index (χ0v) is 13.1. The van der Waals surface area contributed by atoms with E-state index in [1.165, 1.54) is 6.08 Å². The minimum Gasteiger partial charge on any atom is -0.480 e. The zero-order valence-electron chi connectivity index (χ0n) is 13.1. The summed E-state index contributed by atoms with van der Waals surface area (Å²) in [5.74, 6) is -1.08. The first-order chi connectivity index (χ1) is 11.1. The Labute approximate surface area is 136 Å². The van der Waals surface area contributed by atoms with Crippen molar-refractivity contribution in [2.75, 3.05) is 13.2 Å². The number of carbonyl (C=O) groups excluding carboxylic acids is 1. The molecule has 23 heavy (non-hydrogen) atoms. The van der Waals surface area contributed by atoms with Crippen molar-refractivity contribution < 1.29 is 24.2 Å². The monoisotopic (exact) mass is 321 g/mol. The molecule has 0 aliphatic rings. The van der Waals surface area contributed by atoms with E-state index < -0.39 is 18.1 Å². The molecule has 0 aromatic heterocycles. The molecule has 0 bridgehead atoms. The topological polar surface area (TPSA) is 84.9 Å². The van der Waals surface area contributed by atoms with Crippen molar-refractivity contribution in [1.82, 2.24) is 5.32 Å². The number of carboxylic acid groups (broad SMARTS) is 1. The number of ether oxygens (including phenoxy) is 2. The fourth-order valence-electron chi connectivity index (χ4n) is 1.89. The summed E-state index contributed by atoms with van der Waals surface area (Å²) < 4.78 is 10.2. The number of hydrogen-bond donors (Lipinski definition) is 2. The fourth-order valence-corrected chi connectivity index (χ4v) is 1.89. The summed E-state index contributed by atoms with van der Waals surface area (Å²) in [5, 5.41) is 11.4. The van der Waals surface area contributed by atoms with E-state index in [0.717, 1.165) is 12.0 Å². The lowest BCUT2D eigenvalue weighted by atomic mass is 10.1. The third-order valence-electron chi connectivity index (χ3n) is 3.07. The standard InChI is InChI=1S/C17H23NO5/c1-2-11-23-17(21)18-15(16(19)20)10-6-7-12-22-13-14-8-4-3-5-9-14/h2-5,8-9,15H,1,6-7,10-13H2,(H,18,21)(H,19,20). The third-order valence-corrected chi connectivity index (χ3v) is 3.07. The van der Waals surface area contributed by atoms with Crippen LogP contribution in [0.4, 0.5) is 4.79 Å². The van der Waals surface area contributed by atoms with Crippen LogP contribution in [-0.4, -0.2) is 36.4 Å². The van der Waals surface area contributed by atoms with Crippen LogP contribution in [0.5, 0.6) is 0 Å². The number of carboxylic acids is 1. The van der Waals surface area contributed by atoms with Gasteiger partial charge in [0.25, 0.3) is 0 Å². The van der Waals surface area contributed by atoms with Gasteiger partial charge in [-0.1, -0.05) is 43.0 Å². The number of aliphatic carboxylic acids is 1. The van der Waals surface area contributed by atoms with Gasteiger partial charge in [-0.2, -0.15) is 0 Å². The molecule has 1 rings (SSSR count). The van der Waals surface area contributed by atoms with Crippen LogP contribution in [0.1, 0.15) is 24.8 Å². The van der Waals surface area contributed by atoms with Crippen molar-refractivity contribution in [3.8, 4) is 0 Å². The van der Waals surface area contributed by atoms with Crippen molar-refractivity contribution in [2.45, 2.75) is 31.9 Å². The first-order valence-electron chi connectivity index (χ1n) is 7.52. The molecule has 6 heteroatoms. The maximum Gasteiger partial charge on any atom is 0.408 e. The average Bonchev–Trinajstić information content (AvgIpc) is 2.55. The van der Waals surface area contributed by atoms with Crippen LogP contribution in [0.3, 0.4) is 0 Å². The van der Waals surface area contributed by atoms with E-state index in [2.05, 4.69) is 11.9 Å². The molecule has 0 radical (unpaired) electrons. The minimum atomic E-state index is -1.08. The number of amides is 1. The van der Waals surface area contributed by atoms with Gasteiger partial charge in [0, 0.05) is 6.61 Å². The fraction of sp³-hybridized carbons (Fsp3) is 0.412. The van der Waals surface area contributed by atoms with Crippen LogP contribution < -0.4 is 5.32 Å². The number of alkyl carbamates (subject to hydrolysis) is 1. The summed E-state index contributed by atoms with van der Waals surface area (Å²) in [5.41, 5.74) is 1.10. The maximum atomic E-state index is 11.3. The molecule has 0 heterocycles.